The van der Waals surface area contributed by atoms with Crippen molar-refractivity contribution in [1.29, 1.82) is 0 Å². The third-order valence-electron chi connectivity index (χ3n) is 10.9. The third kappa shape index (κ3) is 13.8. The number of hydrogen-bond donors (Lipinski definition) is 0. The molecule has 0 N–H and O–H groups in total. The van der Waals surface area contributed by atoms with E-state index in [0.29, 0.717) is 5.56 Å². The summed E-state index contributed by atoms with van der Waals surface area (Å²) in [4.78, 5) is 15.8. The number of aromatic nitrogens is 2. The third-order valence-corrected chi connectivity index (χ3v) is 10.9. The lowest BCUT2D eigenvalue weighted by atomic mass is 9.12. The molecule has 0 atom stereocenters. The molecule has 0 unspecified atom stereocenters. The molecular formula is C45H24BF25N2O2. The zero-order valence-electron chi connectivity index (χ0n) is 36.2. The van der Waals surface area contributed by atoms with Gasteiger partial charge in [-0.15, -0.1) is 0 Å². The molecule has 6 rings (SSSR count). The Morgan fingerprint density at radius 1 is 0.427 bits per heavy atom. The van der Waals surface area contributed by atoms with Crippen LogP contribution in [0.15, 0.2) is 122 Å². The summed E-state index contributed by atoms with van der Waals surface area (Å²) in [5.41, 5.74) is -29.6. The Kier molecular flexibility index (Phi) is 16.2. The topological polar surface area (TPSA) is 43.1 Å². The molecule has 0 radical (unpaired) electrons. The molecule has 0 fully saturated rings. The van der Waals surface area contributed by atoms with Gasteiger partial charge in [0, 0.05) is 5.56 Å². The average Bonchev–Trinajstić information content (AvgIpc) is 3.28. The SMILES string of the molecule is FC(F)(F)c1cc([B-](c2cc(C(F)(F)F)cc(C(F)(F)F)c2)(c2cc(C(F)(F)F)cc(C(F)(F)F)c2)c2cc(C(F)(F)F)cc(C(F)(F)F)c2)cc(C(F)(F)F)c1.O=C(C[n+]1ccncc1OCF)c1ccccc1. The maximum Gasteiger partial charge on any atom is 0.416 e. The number of carbonyl (C=O) groups is 1. The Hall–Kier alpha value is -7.04. The zero-order chi connectivity index (χ0) is 56.7. The highest BCUT2D eigenvalue weighted by Crippen LogP contribution is 2.41. The van der Waals surface area contributed by atoms with E-state index in [0.717, 1.165) is 0 Å². The van der Waals surface area contributed by atoms with E-state index in [-0.39, 0.29) is 18.2 Å². The highest BCUT2D eigenvalue weighted by Gasteiger charge is 2.47. The molecule has 0 saturated carbocycles. The number of Topliss-reactive ketones (excluding diaryl/α,β-unsaturated/α-hetero) is 1. The van der Waals surface area contributed by atoms with Gasteiger partial charge in [-0.2, -0.15) is 132 Å². The first-order valence-electron chi connectivity index (χ1n) is 20.0. The number of halogens is 25. The van der Waals surface area contributed by atoms with Crippen LogP contribution < -0.4 is 31.2 Å². The molecule has 30 heteroatoms. The molecule has 0 aliphatic rings. The van der Waals surface area contributed by atoms with Crippen molar-refractivity contribution in [3.63, 3.8) is 0 Å². The summed E-state index contributed by atoms with van der Waals surface area (Å²) in [6.45, 7) is -0.868. The molecule has 0 saturated heterocycles. The molecule has 6 aromatic rings. The Labute approximate surface area is 402 Å². The predicted octanol–water partition coefficient (Wildman–Crippen LogP) is 12.8. The molecule has 0 bridgehead atoms. The van der Waals surface area contributed by atoms with E-state index in [1.165, 1.54) is 17.0 Å². The van der Waals surface area contributed by atoms with E-state index in [1.54, 1.807) is 30.5 Å². The van der Waals surface area contributed by atoms with Gasteiger partial charge in [-0.1, -0.05) is 78.9 Å². The standard InChI is InChI=1S/C32H12BF24.C13H12FN2O2/c34-25(35,36)13-1-14(26(37,38)39)6-21(5-13)33(22-7-15(27(40,41)42)2-16(8-22)28(43,44)45,23-9-17(29(46,47)48)3-18(10-23)30(49,50)51)24-11-19(31(52,53)54)4-20(12-24)32(55,56)57;14-10-18-13-8-15-6-7-16(13)9-12(17)11-4-2-1-3-5-11/h1-12H;1-8H,9-10H2/q-1;+1. The zero-order valence-corrected chi connectivity index (χ0v) is 36.2. The largest absolute Gasteiger partial charge is 0.416 e. The number of rotatable bonds is 9. The summed E-state index contributed by atoms with van der Waals surface area (Å²) in [6, 6.07) is 0.0929. The second-order valence-electron chi connectivity index (χ2n) is 15.8. The van der Waals surface area contributed by atoms with E-state index < -0.39 is 202 Å². The number of nitrogens with zero attached hydrogens (tertiary/aromatic N) is 2. The first-order valence-corrected chi connectivity index (χ1v) is 20.0. The van der Waals surface area contributed by atoms with Crippen LogP contribution in [0.25, 0.3) is 0 Å². The van der Waals surface area contributed by atoms with Gasteiger partial charge in [-0.05, 0) is 24.3 Å². The van der Waals surface area contributed by atoms with Crippen LogP contribution in [0, 0.1) is 0 Å². The molecule has 404 valence electrons. The van der Waals surface area contributed by atoms with Crippen molar-refractivity contribution in [2.75, 3.05) is 6.86 Å². The van der Waals surface area contributed by atoms with Crippen LogP contribution in [-0.4, -0.2) is 23.8 Å². The van der Waals surface area contributed by atoms with Crippen LogP contribution in [0.1, 0.15) is 54.9 Å². The van der Waals surface area contributed by atoms with Crippen LogP contribution in [0.4, 0.5) is 110 Å². The fraction of sp³-hybridized carbons (Fsp3) is 0.222. The molecule has 0 spiro atoms. The lowest BCUT2D eigenvalue weighted by Gasteiger charge is -2.46. The molecule has 5 aromatic carbocycles. The molecule has 0 amide bonds. The molecule has 1 aromatic heterocycles. The van der Waals surface area contributed by atoms with E-state index in [1.807, 2.05) is 6.07 Å². The fourth-order valence-corrected chi connectivity index (χ4v) is 7.62. The van der Waals surface area contributed by atoms with Crippen molar-refractivity contribution in [2.45, 2.75) is 56.0 Å². The van der Waals surface area contributed by atoms with Crippen molar-refractivity contribution in [1.82, 2.24) is 4.98 Å². The summed E-state index contributed by atoms with van der Waals surface area (Å²) in [6.07, 6.45) is -50.3. The highest BCUT2D eigenvalue weighted by atomic mass is 19.4. The molecule has 75 heavy (non-hydrogen) atoms. The quantitative estimate of drug-likeness (QED) is 0.0627. The summed E-state index contributed by atoms with van der Waals surface area (Å²) < 4.78 is 359. The van der Waals surface area contributed by atoms with Crippen molar-refractivity contribution in [2.24, 2.45) is 0 Å². The first kappa shape index (κ1) is 58.8. The van der Waals surface area contributed by atoms with E-state index in [2.05, 4.69) is 4.98 Å². The van der Waals surface area contributed by atoms with E-state index in [9.17, 15) is 115 Å². The van der Waals surface area contributed by atoms with Gasteiger partial charge in [-0.25, -0.2) is 9.37 Å². The second kappa shape index (κ2) is 20.6. The Morgan fingerprint density at radius 3 is 0.933 bits per heavy atom. The van der Waals surface area contributed by atoms with Gasteiger partial charge in [0.05, 0.1) is 50.7 Å². The summed E-state index contributed by atoms with van der Waals surface area (Å²) in [7, 11) is 0. The van der Waals surface area contributed by atoms with Gasteiger partial charge in [0.25, 0.3) is 0 Å². The minimum absolute atomic E-state index is 0.0736. The summed E-state index contributed by atoms with van der Waals surface area (Å²) >= 11 is 0. The minimum Gasteiger partial charge on any atom is -0.411 e. The van der Waals surface area contributed by atoms with Gasteiger partial charge in [-0.3, -0.25) is 4.79 Å². The van der Waals surface area contributed by atoms with Gasteiger partial charge >= 0.3 is 55.3 Å². The predicted molar refractivity (Wildman–Crippen MR) is 212 cm³/mol. The number of hydrogen-bond acceptors (Lipinski definition) is 3. The molecular weight excluding hydrogens is 1090 g/mol. The maximum atomic E-state index is 14.2. The van der Waals surface area contributed by atoms with Crippen molar-refractivity contribution < 1.29 is 124 Å². The van der Waals surface area contributed by atoms with Crippen molar-refractivity contribution in [3.05, 3.63) is 172 Å². The summed E-state index contributed by atoms with van der Waals surface area (Å²) in [5, 5.41) is 0. The Balaban J connectivity index is 0.000000483. The van der Waals surface area contributed by atoms with Gasteiger partial charge in [0.1, 0.15) is 12.3 Å². The number of benzene rings is 5. The lowest BCUT2D eigenvalue weighted by molar-refractivity contribution is -0.689. The van der Waals surface area contributed by atoms with E-state index in [4.69, 9.17) is 4.74 Å². The normalized spacial score (nSPS) is 13.3. The molecule has 1 heterocycles. The lowest BCUT2D eigenvalue weighted by Crippen LogP contribution is -2.75. The monoisotopic (exact) mass is 1110 g/mol. The Morgan fingerprint density at radius 2 is 0.693 bits per heavy atom. The number of carbonyl (C=O) groups excluding carboxylic acids is 1. The second-order valence-corrected chi connectivity index (χ2v) is 15.8. The van der Waals surface area contributed by atoms with Gasteiger partial charge < -0.3 is 4.74 Å². The van der Waals surface area contributed by atoms with E-state index >= 15 is 0 Å². The minimum atomic E-state index is -6.13. The van der Waals surface area contributed by atoms with Gasteiger partial charge in [0.15, 0.2) is 6.20 Å². The van der Waals surface area contributed by atoms with Crippen LogP contribution >= 0.6 is 0 Å². The number of alkyl halides is 25. The Bertz CT molecular complexity index is 2570. The molecule has 4 nitrogen and oxygen atoms in total. The number of ketones is 1. The smallest absolute Gasteiger partial charge is 0.411 e. The highest BCUT2D eigenvalue weighted by molar-refractivity contribution is 7.20. The molecule has 0 aliphatic heterocycles. The van der Waals surface area contributed by atoms with Gasteiger partial charge in [0.2, 0.25) is 19.2 Å². The van der Waals surface area contributed by atoms with Crippen LogP contribution in [0.3, 0.4) is 0 Å². The average molecular weight is 1110 g/mol. The van der Waals surface area contributed by atoms with Crippen LogP contribution in [-0.2, 0) is 56.0 Å². The van der Waals surface area contributed by atoms with Crippen LogP contribution in [0.2, 0.25) is 0 Å². The number of ether oxygens (including phenoxy) is 1. The molecule has 0 aliphatic carbocycles. The first-order chi connectivity index (χ1) is 34.1. The van der Waals surface area contributed by atoms with Crippen molar-refractivity contribution in [3.8, 4) is 5.88 Å². The maximum absolute atomic E-state index is 14.2. The summed E-state index contributed by atoms with van der Waals surface area (Å²) in [5.74, 6) is 0.153. The van der Waals surface area contributed by atoms with Crippen LogP contribution in [0.5, 0.6) is 5.88 Å². The van der Waals surface area contributed by atoms with Crippen molar-refractivity contribution >= 4 is 33.8 Å². The fourth-order valence-electron chi connectivity index (χ4n) is 7.62.